The zero-order chi connectivity index (χ0) is 17.1. The van der Waals surface area contributed by atoms with Crippen LogP contribution in [0.15, 0.2) is 48.5 Å². The van der Waals surface area contributed by atoms with Gasteiger partial charge in [0.15, 0.2) is 0 Å². The van der Waals surface area contributed by atoms with Crippen molar-refractivity contribution in [3.8, 4) is 5.75 Å². The summed E-state index contributed by atoms with van der Waals surface area (Å²) in [4.78, 5) is 23.9. The molecule has 1 atom stereocenters. The number of carbonyl (C=O) groups excluding carboxylic acids is 1. The molecular formula is C17H14ClNO5. The molecule has 1 heterocycles. The van der Waals surface area contributed by atoms with Crippen LogP contribution in [0.1, 0.15) is 5.56 Å². The molecular weight excluding hydrogens is 334 g/mol. The van der Waals surface area contributed by atoms with Gasteiger partial charge in [-0.05, 0) is 42.0 Å². The molecule has 0 aliphatic carbocycles. The van der Waals surface area contributed by atoms with Crippen molar-refractivity contribution in [2.75, 3.05) is 11.4 Å². The first-order valence-corrected chi connectivity index (χ1v) is 7.59. The van der Waals surface area contributed by atoms with Crippen molar-refractivity contribution in [1.82, 2.24) is 0 Å². The first kappa shape index (κ1) is 16.1. The number of carboxylic acids is 1. The SMILES string of the molecule is O=C(O)C1CN(c2ccc(OCc3cccc(Cl)c3)cc2)C(=O)O1. The van der Waals surface area contributed by atoms with Gasteiger partial charge in [0.05, 0.1) is 6.54 Å². The van der Waals surface area contributed by atoms with Crippen LogP contribution in [-0.2, 0) is 16.1 Å². The van der Waals surface area contributed by atoms with Gasteiger partial charge in [0.25, 0.3) is 0 Å². The highest BCUT2D eigenvalue weighted by molar-refractivity contribution is 6.30. The lowest BCUT2D eigenvalue weighted by atomic mass is 10.2. The van der Waals surface area contributed by atoms with Crippen molar-refractivity contribution < 1.29 is 24.2 Å². The standard InChI is InChI=1S/C17H14ClNO5/c18-12-3-1-2-11(8-12)10-23-14-6-4-13(5-7-14)19-9-15(16(20)21)24-17(19)22/h1-8,15H,9-10H2,(H,20,21). The molecule has 3 rings (SSSR count). The molecule has 0 radical (unpaired) electrons. The molecule has 1 aliphatic rings. The average Bonchev–Trinajstić information content (AvgIpc) is 2.96. The van der Waals surface area contributed by atoms with Gasteiger partial charge in [-0.25, -0.2) is 9.59 Å². The molecule has 24 heavy (non-hydrogen) atoms. The van der Waals surface area contributed by atoms with E-state index in [2.05, 4.69) is 0 Å². The molecule has 1 fully saturated rings. The zero-order valence-electron chi connectivity index (χ0n) is 12.5. The summed E-state index contributed by atoms with van der Waals surface area (Å²) in [6.07, 6.45) is -1.81. The summed E-state index contributed by atoms with van der Waals surface area (Å²) in [5.74, 6) is -0.534. The van der Waals surface area contributed by atoms with E-state index in [4.69, 9.17) is 26.2 Å². The summed E-state index contributed by atoms with van der Waals surface area (Å²) in [6, 6.07) is 14.1. The molecule has 1 saturated heterocycles. The Labute approximate surface area is 143 Å². The van der Waals surface area contributed by atoms with Crippen LogP contribution in [0.5, 0.6) is 5.75 Å². The average molecular weight is 348 g/mol. The fourth-order valence-electron chi connectivity index (χ4n) is 2.32. The van der Waals surface area contributed by atoms with Gasteiger partial charge in [0, 0.05) is 10.7 Å². The summed E-state index contributed by atoms with van der Waals surface area (Å²) in [5, 5.41) is 9.55. The van der Waals surface area contributed by atoms with Crippen LogP contribution in [-0.4, -0.2) is 29.8 Å². The second kappa shape index (κ2) is 6.80. The number of halogens is 1. The predicted molar refractivity (Wildman–Crippen MR) is 87.5 cm³/mol. The molecule has 0 aromatic heterocycles. The number of carboxylic acid groups (broad SMARTS) is 1. The minimum Gasteiger partial charge on any atom is -0.489 e. The highest BCUT2D eigenvalue weighted by atomic mass is 35.5. The highest BCUT2D eigenvalue weighted by Crippen LogP contribution is 2.25. The number of aliphatic carboxylic acids is 1. The van der Waals surface area contributed by atoms with E-state index in [1.807, 2.05) is 18.2 Å². The summed E-state index contributed by atoms with van der Waals surface area (Å²) >= 11 is 5.92. The van der Waals surface area contributed by atoms with Gasteiger partial charge in [0.1, 0.15) is 12.4 Å². The third kappa shape index (κ3) is 3.60. The fourth-order valence-corrected chi connectivity index (χ4v) is 2.53. The van der Waals surface area contributed by atoms with Crippen molar-refractivity contribution >= 4 is 29.4 Å². The van der Waals surface area contributed by atoms with Gasteiger partial charge in [-0.2, -0.15) is 0 Å². The molecule has 7 heteroatoms. The van der Waals surface area contributed by atoms with Crippen molar-refractivity contribution in [1.29, 1.82) is 0 Å². The quantitative estimate of drug-likeness (QED) is 0.897. The topological polar surface area (TPSA) is 76.1 Å². The van der Waals surface area contributed by atoms with E-state index in [-0.39, 0.29) is 6.54 Å². The Morgan fingerprint density at radius 1 is 1.29 bits per heavy atom. The van der Waals surface area contributed by atoms with E-state index in [0.29, 0.717) is 23.1 Å². The molecule has 0 bridgehead atoms. The van der Waals surface area contributed by atoms with Gasteiger partial charge in [-0.15, -0.1) is 0 Å². The Hall–Kier alpha value is -2.73. The third-order valence-electron chi connectivity index (χ3n) is 3.53. The maximum Gasteiger partial charge on any atom is 0.415 e. The first-order valence-electron chi connectivity index (χ1n) is 7.21. The maximum absolute atomic E-state index is 11.7. The Balaban J connectivity index is 1.63. The van der Waals surface area contributed by atoms with E-state index in [1.165, 1.54) is 4.90 Å². The second-order valence-corrected chi connectivity index (χ2v) is 5.67. The van der Waals surface area contributed by atoms with E-state index in [0.717, 1.165) is 5.56 Å². The van der Waals surface area contributed by atoms with E-state index in [1.54, 1.807) is 30.3 Å². The summed E-state index contributed by atoms with van der Waals surface area (Å²) in [7, 11) is 0. The Kier molecular flexibility index (Phi) is 4.57. The number of ether oxygens (including phenoxy) is 2. The van der Waals surface area contributed by atoms with Crippen LogP contribution in [0.4, 0.5) is 10.5 Å². The van der Waals surface area contributed by atoms with Crippen molar-refractivity contribution in [3.63, 3.8) is 0 Å². The number of amides is 1. The summed E-state index contributed by atoms with van der Waals surface area (Å²) < 4.78 is 10.4. The minimum absolute atomic E-state index is 0.0170. The smallest absolute Gasteiger partial charge is 0.415 e. The molecule has 2 aromatic rings. The van der Waals surface area contributed by atoms with Crippen molar-refractivity contribution in [3.05, 3.63) is 59.1 Å². The lowest BCUT2D eigenvalue weighted by molar-refractivity contribution is -0.144. The zero-order valence-corrected chi connectivity index (χ0v) is 13.3. The van der Waals surface area contributed by atoms with Crippen LogP contribution >= 0.6 is 11.6 Å². The Morgan fingerprint density at radius 3 is 2.67 bits per heavy atom. The number of benzene rings is 2. The van der Waals surface area contributed by atoms with Crippen LogP contribution < -0.4 is 9.64 Å². The van der Waals surface area contributed by atoms with E-state index >= 15 is 0 Å². The summed E-state index contributed by atoms with van der Waals surface area (Å²) in [5.41, 5.74) is 1.50. The molecule has 0 saturated carbocycles. The van der Waals surface area contributed by atoms with Gasteiger partial charge < -0.3 is 14.6 Å². The molecule has 1 aliphatic heterocycles. The molecule has 1 N–H and O–H groups in total. The number of nitrogens with zero attached hydrogens (tertiary/aromatic N) is 1. The van der Waals surface area contributed by atoms with Crippen molar-refractivity contribution in [2.45, 2.75) is 12.7 Å². The lowest BCUT2D eigenvalue weighted by Gasteiger charge is -2.13. The number of anilines is 1. The van der Waals surface area contributed by atoms with E-state index < -0.39 is 18.2 Å². The lowest BCUT2D eigenvalue weighted by Crippen LogP contribution is -2.27. The second-order valence-electron chi connectivity index (χ2n) is 5.23. The number of carbonyl (C=O) groups is 2. The molecule has 1 amide bonds. The predicted octanol–water partition coefficient (Wildman–Crippen LogP) is 3.33. The minimum atomic E-state index is -1.16. The number of rotatable bonds is 5. The van der Waals surface area contributed by atoms with Crippen LogP contribution in [0.25, 0.3) is 0 Å². The first-order chi connectivity index (χ1) is 11.5. The van der Waals surface area contributed by atoms with E-state index in [9.17, 15) is 9.59 Å². The Bertz CT molecular complexity index is 762. The largest absolute Gasteiger partial charge is 0.489 e. The molecule has 1 unspecified atom stereocenters. The van der Waals surface area contributed by atoms with Gasteiger partial charge in [-0.1, -0.05) is 23.7 Å². The number of cyclic esters (lactones) is 1. The number of hydrogen-bond acceptors (Lipinski definition) is 4. The normalized spacial score (nSPS) is 16.8. The summed E-state index contributed by atoms with van der Waals surface area (Å²) in [6.45, 7) is 0.351. The fraction of sp³-hybridized carbons (Fsp3) is 0.176. The van der Waals surface area contributed by atoms with Crippen LogP contribution in [0.2, 0.25) is 5.02 Å². The van der Waals surface area contributed by atoms with Crippen molar-refractivity contribution in [2.24, 2.45) is 0 Å². The van der Waals surface area contributed by atoms with Crippen LogP contribution in [0.3, 0.4) is 0 Å². The molecule has 124 valence electrons. The Morgan fingerprint density at radius 2 is 2.04 bits per heavy atom. The third-order valence-corrected chi connectivity index (χ3v) is 3.77. The van der Waals surface area contributed by atoms with Gasteiger partial charge in [0.2, 0.25) is 6.10 Å². The van der Waals surface area contributed by atoms with Crippen LogP contribution in [0, 0.1) is 0 Å². The molecule has 0 spiro atoms. The molecule has 6 nitrogen and oxygen atoms in total. The van der Waals surface area contributed by atoms with Gasteiger partial charge in [-0.3, -0.25) is 4.90 Å². The van der Waals surface area contributed by atoms with Gasteiger partial charge >= 0.3 is 12.1 Å². The maximum atomic E-state index is 11.7. The highest BCUT2D eigenvalue weighted by Gasteiger charge is 2.36. The number of hydrogen-bond donors (Lipinski definition) is 1. The molecule has 2 aromatic carbocycles. The monoisotopic (exact) mass is 347 g/mol.